The molecule has 0 bridgehead atoms. The number of aromatic nitrogens is 2. The highest BCUT2D eigenvalue weighted by Gasteiger charge is 2.25. The van der Waals surface area contributed by atoms with Gasteiger partial charge in [-0.05, 0) is 31.0 Å². The molecule has 1 aromatic heterocycles. The number of rotatable bonds is 4. The van der Waals surface area contributed by atoms with Gasteiger partial charge in [0.1, 0.15) is 18.0 Å². The number of carbonyl (C=O) groups is 2. The second-order valence-electron chi connectivity index (χ2n) is 6.78. The number of hydrogen-bond donors (Lipinski definition) is 3. The van der Waals surface area contributed by atoms with Gasteiger partial charge in [0.25, 0.3) is 0 Å². The summed E-state index contributed by atoms with van der Waals surface area (Å²) in [5, 5.41) is 17.0. The summed E-state index contributed by atoms with van der Waals surface area (Å²) in [5.74, 6) is -0.183. The van der Waals surface area contributed by atoms with Gasteiger partial charge in [0.05, 0.1) is 11.1 Å². The van der Waals surface area contributed by atoms with Crippen LogP contribution in [0.1, 0.15) is 33.6 Å². The molecule has 2 aliphatic heterocycles. The fourth-order valence-electron chi connectivity index (χ4n) is 3.11. The highest BCUT2D eigenvalue weighted by Crippen LogP contribution is 2.23. The molecule has 2 saturated heterocycles. The van der Waals surface area contributed by atoms with Crippen LogP contribution in [0.5, 0.6) is 0 Å². The average molecular weight is 385 g/mol. The smallest absolute Gasteiger partial charge is 0.335 e. The maximum absolute atomic E-state index is 10.4. The Kier molecular flexibility index (Phi) is 6.05. The first-order valence-corrected chi connectivity index (χ1v) is 9.08. The normalized spacial score (nSPS) is 16.2. The first-order chi connectivity index (χ1) is 13.4. The molecule has 0 amide bonds. The van der Waals surface area contributed by atoms with E-state index in [1.165, 1.54) is 31.0 Å². The van der Waals surface area contributed by atoms with Crippen LogP contribution in [0.4, 0.5) is 11.6 Å². The monoisotopic (exact) mass is 385 g/mol. The van der Waals surface area contributed by atoms with Crippen LogP contribution in [0.2, 0.25) is 0 Å². The van der Waals surface area contributed by atoms with E-state index in [1.54, 1.807) is 6.33 Å². The first kappa shape index (κ1) is 19.6. The highest BCUT2D eigenvalue weighted by atomic mass is 16.4. The quantitative estimate of drug-likeness (QED) is 0.712. The van der Waals surface area contributed by atoms with Gasteiger partial charge in [-0.15, -0.1) is 0 Å². The van der Waals surface area contributed by atoms with Crippen molar-refractivity contribution in [3.8, 4) is 0 Å². The zero-order valence-corrected chi connectivity index (χ0v) is 15.4. The Morgan fingerprint density at radius 1 is 0.929 bits per heavy atom. The van der Waals surface area contributed by atoms with Crippen molar-refractivity contribution in [2.75, 3.05) is 36.0 Å². The molecule has 1 aromatic carbocycles. The Labute approximate surface area is 162 Å². The molecule has 0 unspecified atom stereocenters. The van der Waals surface area contributed by atoms with Crippen molar-refractivity contribution in [1.29, 1.82) is 0 Å². The predicted octanol–water partition coefficient (Wildman–Crippen LogP) is 1.31. The van der Waals surface area contributed by atoms with Gasteiger partial charge in [-0.1, -0.05) is 6.07 Å². The number of carboxylic acids is 2. The Morgan fingerprint density at radius 2 is 1.46 bits per heavy atom. The molecular formula is C19H23N5O4. The highest BCUT2D eigenvalue weighted by molar-refractivity contribution is 5.93. The van der Waals surface area contributed by atoms with Gasteiger partial charge in [0.15, 0.2) is 0 Å². The maximum Gasteiger partial charge on any atom is 0.335 e. The van der Waals surface area contributed by atoms with E-state index in [4.69, 9.17) is 15.9 Å². The minimum atomic E-state index is -1.13. The van der Waals surface area contributed by atoms with E-state index in [0.717, 1.165) is 43.9 Å². The largest absolute Gasteiger partial charge is 0.478 e. The molecule has 4 N–H and O–H groups in total. The van der Waals surface area contributed by atoms with Gasteiger partial charge in [-0.3, -0.25) is 0 Å². The molecule has 2 aromatic rings. The van der Waals surface area contributed by atoms with E-state index < -0.39 is 11.9 Å². The van der Waals surface area contributed by atoms with Crippen LogP contribution < -0.4 is 15.5 Å². The zero-order chi connectivity index (χ0) is 20.1. The van der Waals surface area contributed by atoms with E-state index in [2.05, 4.69) is 25.8 Å². The molecule has 4 rings (SSSR count). The van der Waals surface area contributed by atoms with E-state index in [0.29, 0.717) is 6.04 Å². The molecule has 28 heavy (non-hydrogen) atoms. The minimum absolute atomic E-state index is 0.0186. The van der Waals surface area contributed by atoms with Gasteiger partial charge < -0.3 is 25.7 Å². The van der Waals surface area contributed by atoms with E-state index in [1.807, 2.05) is 0 Å². The van der Waals surface area contributed by atoms with Crippen LogP contribution in [0.3, 0.4) is 0 Å². The number of carboxylic acid groups (broad SMARTS) is 2. The second-order valence-corrected chi connectivity index (χ2v) is 6.78. The molecule has 0 atom stereocenters. The lowest BCUT2D eigenvalue weighted by atomic mass is 10.1. The maximum atomic E-state index is 10.4. The second kappa shape index (κ2) is 8.66. The Balaban J connectivity index is 0.000000169. The third-order valence-electron chi connectivity index (χ3n) is 4.66. The number of nitrogens with zero attached hydrogens (tertiary/aromatic N) is 4. The summed E-state index contributed by atoms with van der Waals surface area (Å²) in [5.41, 5.74) is 5.73. The van der Waals surface area contributed by atoms with Gasteiger partial charge in [-0.2, -0.15) is 0 Å². The lowest BCUT2D eigenvalue weighted by Crippen LogP contribution is -2.56. The number of nitrogens with two attached hydrogens (primary N) is 1. The molecule has 0 saturated carbocycles. The summed E-state index contributed by atoms with van der Waals surface area (Å²) in [7, 11) is 0. The fraction of sp³-hybridized carbons (Fsp3) is 0.368. The van der Waals surface area contributed by atoms with Crippen molar-refractivity contribution in [2.24, 2.45) is 5.73 Å². The van der Waals surface area contributed by atoms with Crippen LogP contribution >= 0.6 is 0 Å². The van der Waals surface area contributed by atoms with E-state index in [-0.39, 0.29) is 11.1 Å². The van der Waals surface area contributed by atoms with Crippen LogP contribution in [0, 0.1) is 0 Å². The van der Waals surface area contributed by atoms with Crippen LogP contribution in [0.25, 0.3) is 0 Å². The molecule has 0 aliphatic carbocycles. The fourth-order valence-corrected chi connectivity index (χ4v) is 3.11. The summed E-state index contributed by atoms with van der Waals surface area (Å²) >= 11 is 0. The third kappa shape index (κ3) is 4.74. The summed E-state index contributed by atoms with van der Waals surface area (Å²) in [4.78, 5) is 33.9. The number of aromatic carboxylic acids is 2. The molecule has 3 heterocycles. The number of anilines is 2. The van der Waals surface area contributed by atoms with Crippen LogP contribution in [-0.4, -0.2) is 64.3 Å². The SMILES string of the molecule is NC1CN(c2cc(N3CCCC3)ncn2)C1.O=C(O)c1cccc(C(=O)O)c1. The van der Waals surface area contributed by atoms with Gasteiger partial charge in [0.2, 0.25) is 0 Å². The number of benzene rings is 1. The number of hydrogen-bond acceptors (Lipinski definition) is 7. The third-order valence-corrected chi connectivity index (χ3v) is 4.66. The lowest BCUT2D eigenvalue weighted by molar-refractivity contribution is 0.0696. The summed E-state index contributed by atoms with van der Waals surface area (Å²) in [6, 6.07) is 7.59. The topological polar surface area (TPSA) is 133 Å². The summed E-state index contributed by atoms with van der Waals surface area (Å²) in [6.45, 7) is 4.07. The molecular weight excluding hydrogens is 362 g/mol. The van der Waals surface area contributed by atoms with Gasteiger partial charge in [-0.25, -0.2) is 19.6 Å². The van der Waals surface area contributed by atoms with Crippen molar-refractivity contribution in [1.82, 2.24) is 9.97 Å². The summed E-state index contributed by atoms with van der Waals surface area (Å²) in [6.07, 6.45) is 4.20. The Morgan fingerprint density at radius 3 is 1.96 bits per heavy atom. The first-order valence-electron chi connectivity index (χ1n) is 9.08. The van der Waals surface area contributed by atoms with Crippen molar-refractivity contribution >= 4 is 23.6 Å². The molecule has 0 radical (unpaired) electrons. The van der Waals surface area contributed by atoms with Gasteiger partial charge in [0, 0.05) is 38.3 Å². The van der Waals surface area contributed by atoms with Crippen LogP contribution in [-0.2, 0) is 0 Å². The standard InChI is InChI=1S/C11H17N5.C8H6O4/c12-9-6-16(7-9)11-5-10(13-8-14-11)15-3-1-2-4-15;9-7(10)5-2-1-3-6(4-5)8(11)12/h5,8-9H,1-4,6-7,12H2;1-4H,(H,9,10)(H,11,12). The molecule has 148 valence electrons. The minimum Gasteiger partial charge on any atom is -0.478 e. The predicted molar refractivity (Wildman–Crippen MR) is 104 cm³/mol. The zero-order valence-electron chi connectivity index (χ0n) is 15.4. The lowest BCUT2D eigenvalue weighted by Gasteiger charge is -2.38. The van der Waals surface area contributed by atoms with Crippen molar-refractivity contribution in [3.05, 3.63) is 47.8 Å². The summed E-state index contributed by atoms with van der Waals surface area (Å²) < 4.78 is 0. The molecule has 9 nitrogen and oxygen atoms in total. The van der Waals surface area contributed by atoms with Crippen LogP contribution in [0.15, 0.2) is 36.7 Å². The van der Waals surface area contributed by atoms with Crippen molar-refractivity contribution in [2.45, 2.75) is 18.9 Å². The Hall–Kier alpha value is -3.20. The average Bonchev–Trinajstić information content (AvgIpc) is 3.21. The van der Waals surface area contributed by atoms with E-state index >= 15 is 0 Å². The van der Waals surface area contributed by atoms with Crippen molar-refractivity contribution in [3.63, 3.8) is 0 Å². The Bertz CT molecular complexity index is 818. The van der Waals surface area contributed by atoms with E-state index in [9.17, 15) is 9.59 Å². The molecule has 0 spiro atoms. The molecule has 2 aliphatic rings. The molecule has 2 fully saturated rings. The van der Waals surface area contributed by atoms with Crippen molar-refractivity contribution < 1.29 is 19.8 Å². The molecule has 9 heteroatoms. The van der Waals surface area contributed by atoms with Gasteiger partial charge >= 0.3 is 11.9 Å².